The summed E-state index contributed by atoms with van der Waals surface area (Å²) in [5.41, 5.74) is 1.27. The van der Waals surface area contributed by atoms with Crippen molar-refractivity contribution < 1.29 is 0 Å². The van der Waals surface area contributed by atoms with E-state index in [9.17, 15) is 0 Å². The molecule has 0 saturated carbocycles. The summed E-state index contributed by atoms with van der Waals surface area (Å²) in [7, 11) is 0. The number of thiazole rings is 1. The molecular formula is C12H21N3S. The SMILES string of the molecule is CCCc1csc(CN2CCCNCC2)n1. The van der Waals surface area contributed by atoms with Crippen molar-refractivity contribution in [3.8, 4) is 0 Å². The molecule has 1 fully saturated rings. The molecule has 1 saturated heterocycles. The highest BCUT2D eigenvalue weighted by Gasteiger charge is 2.11. The van der Waals surface area contributed by atoms with E-state index in [0.717, 1.165) is 32.6 Å². The highest BCUT2D eigenvalue weighted by molar-refractivity contribution is 7.09. The third-order valence-electron chi connectivity index (χ3n) is 2.90. The van der Waals surface area contributed by atoms with Crippen LogP contribution >= 0.6 is 11.3 Å². The summed E-state index contributed by atoms with van der Waals surface area (Å²) in [5, 5.41) is 6.93. The number of aryl methyl sites for hydroxylation is 1. The summed E-state index contributed by atoms with van der Waals surface area (Å²) in [5.74, 6) is 0. The first-order valence-electron chi connectivity index (χ1n) is 6.25. The molecule has 0 bridgehead atoms. The molecule has 0 radical (unpaired) electrons. The van der Waals surface area contributed by atoms with Crippen molar-refractivity contribution in [1.29, 1.82) is 0 Å². The van der Waals surface area contributed by atoms with Crippen molar-refractivity contribution in [3.05, 3.63) is 16.1 Å². The van der Waals surface area contributed by atoms with Crippen LogP contribution in [0.5, 0.6) is 0 Å². The molecule has 2 rings (SSSR count). The number of rotatable bonds is 4. The van der Waals surface area contributed by atoms with Crippen molar-refractivity contribution in [3.63, 3.8) is 0 Å². The Morgan fingerprint density at radius 2 is 2.38 bits per heavy atom. The Labute approximate surface area is 102 Å². The highest BCUT2D eigenvalue weighted by Crippen LogP contribution is 2.14. The normalized spacial score (nSPS) is 18.6. The van der Waals surface area contributed by atoms with Crippen LogP contribution in [0, 0.1) is 0 Å². The molecule has 1 aromatic heterocycles. The van der Waals surface area contributed by atoms with E-state index in [1.54, 1.807) is 0 Å². The van der Waals surface area contributed by atoms with Crippen molar-refractivity contribution in [2.45, 2.75) is 32.7 Å². The van der Waals surface area contributed by atoms with Gasteiger partial charge in [0.15, 0.2) is 0 Å². The Hall–Kier alpha value is -0.450. The summed E-state index contributed by atoms with van der Waals surface area (Å²) in [6.45, 7) is 7.89. The zero-order valence-electron chi connectivity index (χ0n) is 10.0. The lowest BCUT2D eigenvalue weighted by molar-refractivity contribution is 0.284. The van der Waals surface area contributed by atoms with Crippen LogP contribution in [0.25, 0.3) is 0 Å². The fraction of sp³-hybridized carbons (Fsp3) is 0.750. The second-order valence-corrected chi connectivity index (χ2v) is 5.30. The minimum absolute atomic E-state index is 1.04. The molecule has 4 heteroatoms. The van der Waals surface area contributed by atoms with Gasteiger partial charge in [0.1, 0.15) is 5.01 Å². The van der Waals surface area contributed by atoms with Crippen LogP contribution in [0.4, 0.5) is 0 Å². The van der Waals surface area contributed by atoms with Crippen LogP contribution in [0.1, 0.15) is 30.5 Å². The number of hydrogen-bond donors (Lipinski definition) is 1. The zero-order chi connectivity index (χ0) is 11.2. The molecule has 1 aliphatic rings. The van der Waals surface area contributed by atoms with E-state index >= 15 is 0 Å². The molecule has 1 N–H and O–H groups in total. The monoisotopic (exact) mass is 239 g/mol. The van der Waals surface area contributed by atoms with E-state index < -0.39 is 0 Å². The van der Waals surface area contributed by atoms with Gasteiger partial charge in [-0.3, -0.25) is 4.90 Å². The molecule has 0 aromatic carbocycles. The lowest BCUT2D eigenvalue weighted by Gasteiger charge is -2.17. The minimum atomic E-state index is 1.04. The van der Waals surface area contributed by atoms with Crippen LogP contribution in [0.3, 0.4) is 0 Å². The molecule has 0 unspecified atom stereocenters. The molecule has 0 aliphatic carbocycles. The Kier molecular flexibility index (Phi) is 4.75. The first kappa shape index (κ1) is 12.0. The van der Waals surface area contributed by atoms with Gasteiger partial charge in [-0.05, 0) is 25.9 Å². The minimum Gasteiger partial charge on any atom is -0.315 e. The van der Waals surface area contributed by atoms with Crippen molar-refractivity contribution in [1.82, 2.24) is 15.2 Å². The molecule has 0 spiro atoms. The van der Waals surface area contributed by atoms with E-state index in [4.69, 9.17) is 0 Å². The number of nitrogens with zero attached hydrogens (tertiary/aromatic N) is 2. The third kappa shape index (κ3) is 3.54. The average molecular weight is 239 g/mol. The molecule has 16 heavy (non-hydrogen) atoms. The molecule has 3 nitrogen and oxygen atoms in total. The third-order valence-corrected chi connectivity index (χ3v) is 3.78. The van der Waals surface area contributed by atoms with Gasteiger partial charge in [-0.1, -0.05) is 13.3 Å². The van der Waals surface area contributed by atoms with Crippen LogP contribution in [0.15, 0.2) is 5.38 Å². The molecule has 1 aromatic rings. The quantitative estimate of drug-likeness (QED) is 0.869. The summed E-state index contributed by atoms with van der Waals surface area (Å²) in [6.07, 6.45) is 3.57. The van der Waals surface area contributed by atoms with Gasteiger partial charge in [-0.15, -0.1) is 11.3 Å². The van der Waals surface area contributed by atoms with E-state index in [1.165, 1.54) is 30.1 Å². The van der Waals surface area contributed by atoms with Gasteiger partial charge < -0.3 is 5.32 Å². The Balaban J connectivity index is 1.86. The largest absolute Gasteiger partial charge is 0.315 e. The van der Waals surface area contributed by atoms with E-state index in [2.05, 4.69) is 27.5 Å². The van der Waals surface area contributed by atoms with Crippen molar-refractivity contribution in [2.24, 2.45) is 0 Å². The predicted octanol–water partition coefficient (Wildman–Crippen LogP) is 1.89. The average Bonchev–Trinajstić information content (AvgIpc) is 2.56. The Morgan fingerprint density at radius 3 is 3.25 bits per heavy atom. The summed E-state index contributed by atoms with van der Waals surface area (Å²) in [6, 6.07) is 0. The van der Waals surface area contributed by atoms with Crippen molar-refractivity contribution in [2.75, 3.05) is 26.2 Å². The zero-order valence-corrected chi connectivity index (χ0v) is 10.9. The van der Waals surface area contributed by atoms with Crippen LogP contribution in [0.2, 0.25) is 0 Å². The fourth-order valence-corrected chi connectivity index (χ4v) is 2.91. The van der Waals surface area contributed by atoms with Crippen LogP contribution < -0.4 is 5.32 Å². The summed E-state index contributed by atoms with van der Waals surface area (Å²) >= 11 is 1.82. The molecule has 90 valence electrons. The van der Waals surface area contributed by atoms with Gasteiger partial charge in [0.25, 0.3) is 0 Å². The standard InChI is InChI=1S/C12H21N3S/c1-2-4-11-10-16-12(14-11)9-15-7-3-5-13-6-8-15/h10,13H,2-9H2,1H3. The lowest BCUT2D eigenvalue weighted by atomic mass is 10.3. The molecule has 0 amide bonds. The number of nitrogens with one attached hydrogen (secondary N) is 1. The lowest BCUT2D eigenvalue weighted by Crippen LogP contribution is -2.27. The molecule has 2 heterocycles. The highest BCUT2D eigenvalue weighted by atomic mass is 32.1. The van der Waals surface area contributed by atoms with Crippen molar-refractivity contribution >= 4 is 11.3 Å². The fourth-order valence-electron chi connectivity index (χ4n) is 2.04. The maximum atomic E-state index is 4.68. The second-order valence-electron chi connectivity index (χ2n) is 4.36. The van der Waals surface area contributed by atoms with Gasteiger partial charge in [0.2, 0.25) is 0 Å². The smallest absolute Gasteiger partial charge is 0.107 e. The van der Waals surface area contributed by atoms with E-state index in [-0.39, 0.29) is 0 Å². The van der Waals surface area contributed by atoms with Crippen LogP contribution in [-0.2, 0) is 13.0 Å². The Morgan fingerprint density at radius 1 is 1.44 bits per heavy atom. The number of aromatic nitrogens is 1. The van der Waals surface area contributed by atoms with Crippen LogP contribution in [-0.4, -0.2) is 36.1 Å². The van der Waals surface area contributed by atoms with E-state index in [1.807, 2.05) is 11.3 Å². The van der Waals surface area contributed by atoms with Gasteiger partial charge in [0, 0.05) is 18.5 Å². The second kappa shape index (κ2) is 6.33. The van der Waals surface area contributed by atoms with Gasteiger partial charge in [-0.25, -0.2) is 4.98 Å². The first-order valence-corrected chi connectivity index (χ1v) is 7.13. The Bertz CT molecular complexity index is 303. The number of hydrogen-bond acceptors (Lipinski definition) is 4. The summed E-state index contributed by atoms with van der Waals surface area (Å²) in [4.78, 5) is 7.19. The first-order chi connectivity index (χ1) is 7.88. The molecule has 0 atom stereocenters. The molecular weight excluding hydrogens is 218 g/mol. The van der Waals surface area contributed by atoms with Gasteiger partial charge >= 0.3 is 0 Å². The van der Waals surface area contributed by atoms with E-state index in [0.29, 0.717) is 0 Å². The molecule has 1 aliphatic heterocycles. The van der Waals surface area contributed by atoms with Gasteiger partial charge in [-0.2, -0.15) is 0 Å². The summed E-state index contributed by atoms with van der Waals surface area (Å²) < 4.78 is 0. The maximum Gasteiger partial charge on any atom is 0.107 e. The van der Waals surface area contributed by atoms with Gasteiger partial charge in [0.05, 0.1) is 12.2 Å². The topological polar surface area (TPSA) is 28.2 Å². The maximum absolute atomic E-state index is 4.68. The predicted molar refractivity (Wildman–Crippen MR) is 68.9 cm³/mol.